The van der Waals surface area contributed by atoms with E-state index >= 15 is 0 Å². The lowest BCUT2D eigenvalue weighted by Gasteiger charge is -2.14. The number of rotatable bonds is 12. The maximum Gasteiger partial charge on any atom is 0.0252 e. The van der Waals surface area contributed by atoms with E-state index in [0.29, 0.717) is 6.04 Å². The highest BCUT2D eigenvalue weighted by atomic mass is 32.2. The Kier molecular flexibility index (Phi) is 23.3. The van der Waals surface area contributed by atoms with Crippen LogP contribution in [0, 0.1) is 6.92 Å². The minimum atomic E-state index is 0.602. The molecular formula is C24H45NS. The van der Waals surface area contributed by atoms with Gasteiger partial charge in [0.15, 0.2) is 0 Å². The number of hydrogen-bond donors (Lipinski definition) is 1. The third kappa shape index (κ3) is 17.9. The predicted molar refractivity (Wildman–Crippen MR) is 125 cm³/mol. The van der Waals surface area contributed by atoms with Gasteiger partial charge in [-0.1, -0.05) is 83.9 Å². The van der Waals surface area contributed by atoms with Gasteiger partial charge < -0.3 is 5.32 Å². The van der Waals surface area contributed by atoms with Gasteiger partial charge in [0.05, 0.1) is 0 Å². The van der Waals surface area contributed by atoms with Gasteiger partial charge >= 0.3 is 0 Å². The van der Waals surface area contributed by atoms with Gasteiger partial charge in [0.25, 0.3) is 0 Å². The third-order valence-electron chi connectivity index (χ3n) is 4.04. The fraction of sp³-hybridized carbons (Fsp3) is 0.667. The molecule has 1 rings (SSSR count). The van der Waals surface area contributed by atoms with Crippen molar-refractivity contribution in [1.82, 2.24) is 5.32 Å². The zero-order valence-electron chi connectivity index (χ0n) is 18.4. The summed E-state index contributed by atoms with van der Waals surface area (Å²) in [7, 11) is 0. The topological polar surface area (TPSA) is 12.0 Å². The number of nitrogens with one attached hydrogen (secondary N) is 1. The molecule has 0 saturated heterocycles. The van der Waals surface area contributed by atoms with Gasteiger partial charge in [0.1, 0.15) is 0 Å². The standard InChI is InChI=1S/C16H25N.C6H14S.C2H6/c1-4-16(17-5-2)12-7-6-10-15-11-8-9-14(3)13-15;1-3-5-6-7-4-2;1-2/h5,8-9,11,13,16-17H,2,4,6-7,10,12H2,1,3H3;3-6H2,1-2H3;1-2H3. The Hall–Kier alpha value is -0.890. The molecule has 0 aliphatic carbocycles. The minimum absolute atomic E-state index is 0.602. The lowest BCUT2D eigenvalue weighted by Crippen LogP contribution is -2.22. The predicted octanol–water partition coefficient (Wildman–Crippen LogP) is 7.79. The molecule has 1 unspecified atom stereocenters. The molecule has 1 atom stereocenters. The number of thioether (sulfide) groups is 1. The number of benzene rings is 1. The van der Waals surface area contributed by atoms with E-state index in [4.69, 9.17) is 0 Å². The molecule has 26 heavy (non-hydrogen) atoms. The van der Waals surface area contributed by atoms with Crippen LogP contribution in [0.5, 0.6) is 0 Å². The number of aryl methyl sites for hydroxylation is 2. The van der Waals surface area contributed by atoms with Crippen molar-refractivity contribution in [1.29, 1.82) is 0 Å². The van der Waals surface area contributed by atoms with Gasteiger partial charge in [-0.3, -0.25) is 0 Å². The summed E-state index contributed by atoms with van der Waals surface area (Å²) in [6, 6.07) is 9.43. The molecule has 1 nitrogen and oxygen atoms in total. The number of unbranched alkanes of at least 4 members (excludes halogenated alkanes) is 2. The fourth-order valence-corrected chi connectivity index (χ4v) is 3.33. The monoisotopic (exact) mass is 379 g/mol. The van der Waals surface area contributed by atoms with E-state index in [9.17, 15) is 0 Å². The summed E-state index contributed by atoms with van der Waals surface area (Å²) in [6.07, 6.45) is 10.7. The van der Waals surface area contributed by atoms with E-state index in [1.807, 2.05) is 31.8 Å². The molecule has 0 spiro atoms. The first kappa shape index (κ1) is 27.3. The van der Waals surface area contributed by atoms with Crippen LogP contribution in [0.25, 0.3) is 0 Å². The van der Waals surface area contributed by atoms with E-state index in [1.165, 1.54) is 67.6 Å². The lowest BCUT2D eigenvalue weighted by molar-refractivity contribution is 0.498. The molecule has 152 valence electrons. The SMILES string of the molecule is C=CNC(CC)CCCCc1cccc(C)c1.CC.CCCCSCC. The summed E-state index contributed by atoms with van der Waals surface area (Å²) in [5, 5.41) is 3.30. The first-order valence-corrected chi connectivity index (χ1v) is 11.8. The second-order valence-electron chi connectivity index (χ2n) is 6.26. The van der Waals surface area contributed by atoms with E-state index in [1.54, 1.807) is 0 Å². The smallest absolute Gasteiger partial charge is 0.0252 e. The van der Waals surface area contributed by atoms with E-state index in [-0.39, 0.29) is 0 Å². The van der Waals surface area contributed by atoms with E-state index in [2.05, 4.69) is 63.9 Å². The highest BCUT2D eigenvalue weighted by Crippen LogP contribution is 2.11. The Morgan fingerprint density at radius 2 is 1.85 bits per heavy atom. The molecule has 1 aromatic carbocycles. The van der Waals surface area contributed by atoms with Crippen LogP contribution in [-0.2, 0) is 6.42 Å². The van der Waals surface area contributed by atoms with Crippen molar-refractivity contribution >= 4 is 11.8 Å². The molecule has 0 aliphatic heterocycles. The maximum atomic E-state index is 3.72. The van der Waals surface area contributed by atoms with Crippen molar-refractivity contribution in [2.45, 2.75) is 92.5 Å². The summed E-state index contributed by atoms with van der Waals surface area (Å²) >= 11 is 2.03. The van der Waals surface area contributed by atoms with Gasteiger partial charge in [-0.25, -0.2) is 0 Å². The second-order valence-corrected chi connectivity index (χ2v) is 7.66. The summed E-state index contributed by atoms with van der Waals surface area (Å²) in [5.74, 6) is 2.63. The van der Waals surface area contributed by atoms with Gasteiger partial charge in [-0.05, 0) is 62.3 Å². The molecular weight excluding hydrogens is 334 g/mol. The van der Waals surface area contributed by atoms with Crippen molar-refractivity contribution in [3.05, 3.63) is 48.2 Å². The van der Waals surface area contributed by atoms with Crippen molar-refractivity contribution in [2.75, 3.05) is 11.5 Å². The first-order chi connectivity index (χ1) is 12.7. The van der Waals surface area contributed by atoms with Crippen LogP contribution < -0.4 is 5.32 Å². The van der Waals surface area contributed by atoms with Crippen LogP contribution >= 0.6 is 11.8 Å². The van der Waals surface area contributed by atoms with E-state index in [0.717, 1.165) is 0 Å². The average molecular weight is 380 g/mol. The molecule has 0 heterocycles. The van der Waals surface area contributed by atoms with Crippen LogP contribution in [0.15, 0.2) is 37.0 Å². The number of hydrogen-bond acceptors (Lipinski definition) is 2. The quantitative estimate of drug-likeness (QED) is 0.372. The normalized spacial score (nSPS) is 10.7. The van der Waals surface area contributed by atoms with Crippen LogP contribution in [0.1, 0.15) is 84.3 Å². The van der Waals surface area contributed by atoms with Crippen LogP contribution in [0.2, 0.25) is 0 Å². The van der Waals surface area contributed by atoms with Crippen molar-refractivity contribution in [2.24, 2.45) is 0 Å². The Morgan fingerprint density at radius 1 is 1.12 bits per heavy atom. The zero-order valence-corrected chi connectivity index (χ0v) is 19.3. The summed E-state index contributed by atoms with van der Waals surface area (Å²) in [4.78, 5) is 0. The Balaban J connectivity index is 0. The average Bonchev–Trinajstić information content (AvgIpc) is 2.67. The van der Waals surface area contributed by atoms with Crippen molar-refractivity contribution < 1.29 is 0 Å². The molecule has 1 N–H and O–H groups in total. The summed E-state index contributed by atoms with van der Waals surface area (Å²) in [6.45, 7) is 16.5. The summed E-state index contributed by atoms with van der Waals surface area (Å²) in [5.41, 5.74) is 2.83. The highest BCUT2D eigenvalue weighted by molar-refractivity contribution is 7.99. The zero-order chi connectivity index (χ0) is 20.0. The van der Waals surface area contributed by atoms with Gasteiger partial charge in [-0.2, -0.15) is 11.8 Å². The largest absolute Gasteiger partial charge is 0.389 e. The van der Waals surface area contributed by atoms with Crippen LogP contribution in [0.4, 0.5) is 0 Å². The highest BCUT2D eigenvalue weighted by Gasteiger charge is 2.02. The maximum absolute atomic E-state index is 3.72. The summed E-state index contributed by atoms with van der Waals surface area (Å²) < 4.78 is 0. The molecule has 1 aromatic rings. The lowest BCUT2D eigenvalue weighted by atomic mass is 10.0. The molecule has 0 saturated carbocycles. The minimum Gasteiger partial charge on any atom is -0.389 e. The molecule has 0 bridgehead atoms. The van der Waals surface area contributed by atoms with E-state index < -0.39 is 0 Å². The second kappa shape index (κ2) is 22.2. The molecule has 0 fully saturated rings. The van der Waals surface area contributed by atoms with Crippen molar-refractivity contribution in [3.8, 4) is 0 Å². The molecule has 0 amide bonds. The van der Waals surface area contributed by atoms with Gasteiger partial charge in [-0.15, -0.1) is 0 Å². The Labute approximate surface area is 169 Å². The Bertz CT molecular complexity index is 399. The third-order valence-corrected chi connectivity index (χ3v) is 5.03. The molecule has 2 heteroatoms. The Morgan fingerprint density at radius 3 is 2.38 bits per heavy atom. The van der Waals surface area contributed by atoms with Crippen molar-refractivity contribution in [3.63, 3.8) is 0 Å². The first-order valence-electron chi connectivity index (χ1n) is 10.7. The molecule has 0 aromatic heterocycles. The van der Waals surface area contributed by atoms with Crippen LogP contribution in [-0.4, -0.2) is 17.5 Å². The molecule has 0 aliphatic rings. The van der Waals surface area contributed by atoms with Crippen LogP contribution in [0.3, 0.4) is 0 Å². The molecule has 0 radical (unpaired) electrons. The van der Waals surface area contributed by atoms with Gasteiger partial charge in [0.2, 0.25) is 0 Å². The fourth-order valence-electron chi connectivity index (χ4n) is 2.55. The van der Waals surface area contributed by atoms with Gasteiger partial charge in [0, 0.05) is 6.04 Å².